The number of ether oxygens (including phenoxy) is 2. The second-order valence-corrected chi connectivity index (χ2v) is 5.35. The first-order valence-electron chi connectivity index (χ1n) is 6.04. The zero-order valence-corrected chi connectivity index (χ0v) is 10.7. The fourth-order valence-electron chi connectivity index (χ4n) is 1.95. The average Bonchev–Trinajstić information content (AvgIpc) is 2.83. The van der Waals surface area contributed by atoms with E-state index in [2.05, 4.69) is 0 Å². The van der Waals surface area contributed by atoms with Gasteiger partial charge in [-0.1, -0.05) is 6.07 Å². The monoisotopic (exact) mass is 258 g/mol. The van der Waals surface area contributed by atoms with Gasteiger partial charge in [0.25, 0.3) is 0 Å². The summed E-state index contributed by atoms with van der Waals surface area (Å²) in [6.45, 7) is 5.36. The number of aliphatic hydroxyl groups excluding tert-OH is 1. The maximum absolute atomic E-state index is 9.85. The van der Waals surface area contributed by atoms with Crippen molar-refractivity contribution in [3.05, 3.63) is 22.4 Å². The molecule has 1 aliphatic rings. The number of nitrogens with one attached hydrogen (secondary N) is 1. The summed E-state index contributed by atoms with van der Waals surface area (Å²) < 4.78 is 10.8. The topological polar surface area (TPSA) is 43.1 Å². The van der Waals surface area contributed by atoms with E-state index in [9.17, 15) is 5.11 Å². The molecule has 0 unspecified atom stereocenters. The van der Waals surface area contributed by atoms with E-state index < -0.39 is 0 Å². The molecule has 2 N–H and O–H groups in total. The van der Waals surface area contributed by atoms with Crippen LogP contribution in [0.3, 0.4) is 0 Å². The lowest BCUT2D eigenvalue weighted by molar-refractivity contribution is -0.911. The molecule has 0 spiro atoms. The van der Waals surface area contributed by atoms with Crippen LogP contribution in [0.5, 0.6) is 0 Å². The van der Waals surface area contributed by atoms with E-state index in [-0.39, 0.29) is 6.10 Å². The molecule has 1 aliphatic heterocycles. The van der Waals surface area contributed by atoms with Gasteiger partial charge in [0.2, 0.25) is 0 Å². The summed E-state index contributed by atoms with van der Waals surface area (Å²) in [5.74, 6) is 0. The van der Waals surface area contributed by atoms with Crippen LogP contribution in [0.2, 0.25) is 0 Å². The molecule has 0 aromatic carbocycles. The molecule has 96 valence electrons. The van der Waals surface area contributed by atoms with Crippen molar-refractivity contribution in [2.24, 2.45) is 0 Å². The predicted molar refractivity (Wildman–Crippen MR) is 66.4 cm³/mol. The predicted octanol–water partition coefficient (Wildman–Crippen LogP) is -0.459. The normalized spacial score (nSPS) is 19.4. The molecule has 4 nitrogen and oxygen atoms in total. The third-order valence-electron chi connectivity index (χ3n) is 2.86. The van der Waals surface area contributed by atoms with Crippen LogP contribution in [0, 0.1) is 0 Å². The lowest BCUT2D eigenvalue weighted by Crippen LogP contribution is -3.15. The largest absolute Gasteiger partial charge is 0.385 e. The Morgan fingerprint density at radius 3 is 3.00 bits per heavy atom. The number of thiophene rings is 1. The van der Waals surface area contributed by atoms with Crippen LogP contribution < -0.4 is 4.90 Å². The zero-order valence-electron chi connectivity index (χ0n) is 9.93. The van der Waals surface area contributed by atoms with Crippen LogP contribution in [0.4, 0.5) is 0 Å². The molecule has 0 amide bonds. The minimum Gasteiger partial charge on any atom is -0.385 e. The van der Waals surface area contributed by atoms with Gasteiger partial charge in [-0.05, 0) is 11.4 Å². The molecular formula is C12H20NO3S+. The highest BCUT2D eigenvalue weighted by Gasteiger charge is 2.18. The van der Waals surface area contributed by atoms with Crippen molar-refractivity contribution in [2.75, 3.05) is 39.5 Å². The van der Waals surface area contributed by atoms with Gasteiger partial charge in [0.15, 0.2) is 0 Å². The first-order valence-corrected chi connectivity index (χ1v) is 6.92. The van der Waals surface area contributed by atoms with Crippen molar-refractivity contribution in [3.8, 4) is 0 Å². The molecule has 2 heterocycles. The molecule has 5 heteroatoms. The Morgan fingerprint density at radius 1 is 1.47 bits per heavy atom. The number of hydrogen-bond donors (Lipinski definition) is 2. The molecule has 1 atom stereocenters. The first-order chi connectivity index (χ1) is 8.34. The Kier molecular flexibility index (Phi) is 5.41. The SMILES string of the molecule is O[C@@H](COCc1cccs1)C[NH+]1CCOCC1. The smallest absolute Gasteiger partial charge is 0.126 e. The van der Waals surface area contributed by atoms with E-state index in [1.165, 1.54) is 9.78 Å². The third-order valence-corrected chi connectivity index (χ3v) is 3.71. The number of morpholine rings is 1. The molecule has 1 saturated heterocycles. The van der Waals surface area contributed by atoms with Crippen LogP contribution >= 0.6 is 11.3 Å². The highest BCUT2D eigenvalue weighted by atomic mass is 32.1. The number of rotatable bonds is 6. The van der Waals surface area contributed by atoms with E-state index in [1.54, 1.807) is 11.3 Å². The Balaban J connectivity index is 1.58. The number of quaternary nitrogens is 1. The van der Waals surface area contributed by atoms with Crippen molar-refractivity contribution >= 4 is 11.3 Å². The molecular weight excluding hydrogens is 238 g/mol. The molecule has 17 heavy (non-hydrogen) atoms. The zero-order chi connectivity index (χ0) is 11.9. The van der Waals surface area contributed by atoms with Crippen molar-refractivity contribution in [1.82, 2.24) is 0 Å². The van der Waals surface area contributed by atoms with E-state index >= 15 is 0 Å². The highest BCUT2D eigenvalue weighted by Crippen LogP contribution is 2.09. The maximum atomic E-state index is 9.85. The molecule has 1 aromatic rings. The van der Waals surface area contributed by atoms with Gasteiger partial charge >= 0.3 is 0 Å². The van der Waals surface area contributed by atoms with Gasteiger partial charge < -0.3 is 19.5 Å². The molecule has 0 saturated carbocycles. The van der Waals surface area contributed by atoms with Crippen molar-refractivity contribution in [3.63, 3.8) is 0 Å². The second-order valence-electron chi connectivity index (χ2n) is 4.31. The number of hydrogen-bond acceptors (Lipinski definition) is 4. The Morgan fingerprint density at radius 2 is 2.29 bits per heavy atom. The summed E-state index contributed by atoms with van der Waals surface area (Å²) in [4.78, 5) is 2.61. The fourth-order valence-corrected chi connectivity index (χ4v) is 2.59. The van der Waals surface area contributed by atoms with Crippen molar-refractivity contribution in [2.45, 2.75) is 12.7 Å². The van der Waals surface area contributed by atoms with Gasteiger partial charge in [0.1, 0.15) is 25.7 Å². The number of aliphatic hydroxyl groups is 1. The summed E-state index contributed by atoms with van der Waals surface area (Å²) in [5.41, 5.74) is 0. The molecule has 1 aromatic heterocycles. The average molecular weight is 258 g/mol. The lowest BCUT2D eigenvalue weighted by atomic mass is 10.3. The molecule has 0 bridgehead atoms. The highest BCUT2D eigenvalue weighted by molar-refractivity contribution is 7.09. The summed E-state index contributed by atoms with van der Waals surface area (Å²) >= 11 is 1.68. The van der Waals surface area contributed by atoms with Crippen molar-refractivity contribution < 1.29 is 19.5 Å². The Hall–Kier alpha value is -0.460. The first kappa shape index (κ1) is 13.0. The molecule has 0 aliphatic carbocycles. The minimum atomic E-state index is -0.372. The van der Waals surface area contributed by atoms with E-state index in [0.29, 0.717) is 13.2 Å². The van der Waals surface area contributed by atoms with Gasteiger partial charge in [0, 0.05) is 4.88 Å². The van der Waals surface area contributed by atoms with E-state index in [0.717, 1.165) is 32.8 Å². The van der Waals surface area contributed by atoms with Crippen LogP contribution in [0.25, 0.3) is 0 Å². The standard InChI is InChI=1S/C12H19NO3S/c14-11(8-13-3-5-15-6-4-13)9-16-10-12-2-1-7-17-12/h1-2,7,11,14H,3-6,8-10H2/p+1/t11-/m1/s1. The summed E-state index contributed by atoms with van der Waals surface area (Å²) in [7, 11) is 0. The quantitative estimate of drug-likeness (QED) is 0.726. The third kappa shape index (κ3) is 4.73. The minimum absolute atomic E-state index is 0.372. The van der Waals surface area contributed by atoms with Crippen LogP contribution in [0.1, 0.15) is 4.88 Å². The molecule has 1 fully saturated rings. The fraction of sp³-hybridized carbons (Fsp3) is 0.667. The van der Waals surface area contributed by atoms with Gasteiger partial charge in [-0.3, -0.25) is 0 Å². The van der Waals surface area contributed by atoms with Crippen LogP contribution in [-0.2, 0) is 16.1 Å². The van der Waals surface area contributed by atoms with E-state index in [1.807, 2.05) is 17.5 Å². The Bertz CT molecular complexity index is 299. The lowest BCUT2D eigenvalue weighted by Gasteiger charge is -2.25. The summed E-state index contributed by atoms with van der Waals surface area (Å²) in [6.07, 6.45) is -0.372. The summed E-state index contributed by atoms with van der Waals surface area (Å²) in [6, 6.07) is 4.06. The molecule has 0 radical (unpaired) electrons. The van der Waals surface area contributed by atoms with Crippen LogP contribution in [0.15, 0.2) is 17.5 Å². The second kappa shape index (κ2) is 7.08. The van der Waals surface area contributed by atoms with Crippen LogP contribution in [-0.4, -0.2) is 50.7 Å². The van der Waals surface area contributed by atoms with E-state index in [4.69, 9.17) is 9.47 Å². The maximum Gasteiger partial charge on any atom is 0.126 e. The molecule has 2 rings (SSSR count). The van der Waals surface area contributed by atoms with Gasteiger partial charge in [-0.25, -0.2) is 0 Å². The van der Waals surface area contributed by atoms with Gasteiger partial charge in [-0.15, -0.1) is 11.3 Å². The van der Waals surface area contributed by atoms with Crippen molar-refractivity contribution in [1.29, 1.82) is 0 Å². The van der Waals surface area contributed by atoms with Gasteiger partial charge in [0.05, 0.1) is 26.4 Å². The Labute approximate surface area is 106 Å². The summed E-state index contributed by atoms with van der Waals surface area (Å²) in [5, 5.41) is 11.9. The van der Waals surface area contributed by atoms with Gasteiger partial charge in [-0.2, -0.15) is 0 Å².